The lowest BCUT2D eigenvalue weighted by atomic mass is 10.1. The standard InChI is InChI=1S/C24H26N4O3S/c1-4-27-16(2)18(11-12-22(29)25-15-17-8-7-13-32-17)24(30)28-23(27)14-20(26-28)19-9-5-6-10-21(19)31-3/h5-10,13-14H,4,11-12,15H2,1-3H3,(H,25,29). The molecule has 0 atom stereocenters. The number of aromatic nitrogens is 3. The van der Waals surface area contributed by atoms with Crippen LogP contribution < -0.4 is 15.6 Å². The zero-order chi connectivity index (χ0) is 22.7. The van der Waals surface area contributed by atoms with Gasteiger partial charge in [-0.1, -0.05) is 18.2 Å². The van der Waals surface area contributed by atoms with Crippen LogP contribution in [0.2, 0.25) is 0 Å². The number of carbonyl (C=O) groups is 1. The van der Waals surface area contributed by atoms with Gasteiger partial charge in [0.15, 0.2) is 0 Å². The topological polar surface area (TPSA) is 77.6 Å². The summed E-state index contributed by atoms with van der Waals surface area (Å²) < 4.78 is 8.97. The molecular formula is C24H26N4O3S. The van der Waals surface area contributed by atoms with Crippen LogP contribution in [0.4, 0.5) is 0 Å². The van der Waals surface area contributed by atoms with Crippen molar-refractivity contribution in [3.05, 3.63) is 74.3 Å². The van der Waals surface area contributed by atoms with Gasteiger partial charge < -0.3 is 14.6 Å². The molecule has 0 aliphatic heterocycles. The summed E-state index contributed by atoms with van der Waals surface area (Å²) in [6, 6.07) is 13.5. The van der Waals surface area contributed by atoms with Gasteiger partial charge in [-0.3, -0.25) is 9.59 Å². The molecule has 8 heteroatoms. The van der Waals surface area contributed by atoms with Crippen molar-refractivity contribution in [2.75, 3.05) is 7.11 Å². The van der Waals surface area contributed by atoms with E-state index in [1.54, 1.807) is 18.4 Å². The normalized spacial score (nSPS) is 11.1. The first-order chi connectivity index (χ1) is 15.5. The molecule has 0 spiro atoms. The highest BCUT2D eigenvalue weighted by molar-refractivity contribution is 7.09. The molecular weight excluding hydrogens is 424 g/mol. The minimum absolute atomic E-state index is 0.0736. The van der Waals surface area contributed by atoms with Gasteiger partial charge in [0.1, 0.15) is 11.4 Å². The Bertz CT molecular complexity index is 1310. The fourth-order valence-corrected chi connectivity index (χ4v) is 4.58. The Morgan fingerprint density at radius 2 is 2.03 bits per heavy atom. The molecule has 0 unspecified atom stereocenters. The number of rotatable bonds is 8. The summed E-state index contributed by atoms with van der Waals surface area (Å²) in [5.74, 6) is 0.626. The zero-order valence-corrected chi connectivity index (χ0v) is 19.2. The Balaban J connectivity index is 1.65. The number of ether oxygens (including phenoxy) is 1. The number of carbonyl (C=O) groups excluding carboxylic acids is 1. The van der Waals surface area contributed by atoms with Crippen molar-refractivity contribution in [3.8, 4) is 17.0 Å². The van der Waals surface area contributed by atoms with E-state index in [0.717, 1.165) is 21.8 Å². The van der Waals surface area contributed by atoms with Crippen LogP contribution in [0.25, 0.3) is 16.9 Å². The van der Waals surface area contributed by atoms with Gasteiger partial charge in [0.05, 0.1) is 19.3 Å². The first kappa shape index (κ1) is 21.8. The fraction of sp³-hybridized carbons (Fsp3) is 0.292. The molecule has 0 fully saturated rings. The fourth-order valence-electron chi connectivity index (χ4n) is 3.93. The Labute approximate surface area is 190 Å². The summed E-state index contributed by atoms with van der Waals surface area (Å²) in [4.78, 5) is 26.8. The van der Waals surface area contributed by atoms with Crippen molar-refractivity contribution in [2.45, 2.75) is 39.8 Å². The molecule has 0 saturated carbocycles. The van der Waals surface area contributed by atoms with E-state index < -0.39 is 0 Å². The van der Waals surface area contributed by atoms with E-state index in [4.69, 9.17) is 4.74 Å². The van der Waals surface area contributed by atoms with E-state index in [1.807, 2.05) is 61.7 Å². The number of para-hydroxylation sites is 1. The van der Waals surface area contributed by atoms with Crippen molar-refractivity contribution >= 4 is 22.9 Å². The maximum atomic E-state index is 13.3. The third-order valence-corrected chi connectivity index (χ3v) is 6.48. The molecule has 3 heterocycles. The van der Waals surface area contributed by atoms with Gasteiger partial charge in [-0.2, -0.15) is 9.61 Å². The van der Waals surface area contributed by atoms with E-state index in [2.05, 4.69) is 15.0 Å². The Hall–Kier alpha value is -3.39. The second-order valence-corrected chi connectivity index (χ2v) is 8.50. The van der Waals surface area contributed by atoms with Gasteiger partial charge in [0.25, 0.3) is 5.56 Å². The third kappa shape index (κ3) is 4.18. The van der Waals surface area contributed by atoms with Crippen molar-refractivity contribution in [1.82, 2.24) is 19.5 Å². The van der Waals surface area contributed by atoms with Crippen molar-refractivity contribution in [1.29, 1.82) is 0 Å². The van der Waals surface area contributed by atoms with Crippen LogP contribution in [-0.4, -0.2) is 27.2 Å². The molecule has 1 N–H and O–H groups in total. The number of amides is 1. The monoisotopic (exact) mass is 450 g/mol. The lowest BCUT2D eigenvalue weighted by Crippen LogP contribution is -2.28. The Morgan fingerprint density at radius 3 is 2.75 bits per heavy atom. The Morgan fingerprint density at radius 1 is 1.22 bits per heavy atom. The highest BCUT2D eigenvalue weighted by atomic mass is 32.1. The first-order valence-corrected chi connectivity index (χ1v) is 11.5. The highest BCUT2D eigenvalue weighted by Gasteiger charge is 2.18. The van der Waals surface area contributed by atoms with Gasteiger partial charge in [-0.25, -0.2) is 0 Å². The van der Waals surface area contributed by atoms with E-state index in [0.29, 0.717) is 36.5 Å². The maximum absolute atomic E-state index is 13.3. The largest absolute Gasteiger partial charge is 0.496 e. The lowest BCUT2D eigenvalue weighted by molar-refractivity contribution is -0.121. The molecule has 3 aromatic heterocycles. The Kier molecular flexibility index (Phi) is 6.41. The molecule has 4 rings (SSSR count). The number of hydrogen-bond donors (Lipinski definition) is 1. The van der Waals surface area contributed by atoms with Gasteiger partial charge in [-0.05, 0) is 43.8 Å². The van der Waals surface area contributed by atoms with E-state index >= 15 is 0 Å². The summed E-state index contributed by atoms with van der Waals surface area (Å²) in [5, 5.41) is 9.51. The summed E-state index contributed by atoms with van der Waals surface area (Å²) in [6.07, 6.45) is 0.609. The molecule has 0 aliphatic carbocycles. The molecule has 1 aromatic carbocycles. The van der Waals surface area contributed by atoms with Gasteiger partial charge in [0, 0.05) is 40.7 Å². The van der Waals surface area contributed by atoms with Crippen molar-refractivity contribution < 1.29 is 9.53 Å². The second-order valence-electron chi connectivity index (χ2n) is 7.47. The van der Waals surface area contributed by atoms with Crippen molar-refractivity contribution in [2.24, 2.45) is 0 Å². The van der Waals surface area contributed by atoms with Crippen LogP contribution in [0.15, 0.2) is 52.6 Å². The van der Waals surface area contributed by atoms with Gasteiger partial charge in [0.2, 0.25) is 5.91 Å². The van der Waals surface area contributed by atoms with Crippen LogP contribution in [0.1, 0.15) is 29.5 Å². The molecule has 0 radical (unpaired) electrons. The number of thiophene rings is 1. The summed E-state index contributed by atoms with van der Waals surface area (Å²) >= 11 is 1.61. The lowest BCUT2D eigenvalue weighted by Gasteiger charge is -2.14. The number of benzene rings is 1. The predicted molar refractivity (Wildman–Crippen MR) is 126 cm³/mol. The zero-order valence-electron chi connectivity index (χ0n) is 18.4. The van der Waals surface area contributed by atoms with E-state index in [1.165, 1.54) is 4.52 Å². The number of nitrogens with zero attached hydrogens (tertiary/aromatic N) is 3. The maximum Gasteiger partial charge on any atom is 0.277 e. The second kappa shape index (κ2) is 9.40. The van der Waals surface area contributed by atoms with Crippen molar-refractivity contribution in [3.63, 3.8) is 0 Å². The van der Waals surface area contributed by atoms with Gasteiger partial charge in [-0.15, -0.1) is 11.3 Å². The molecule has 4 aromatic rings. The summed E-state index contributed by atoms with van der Waals surface area (Å²) in [7, 11) is 1.62. The average molecular weight is 451 g/mol. The van der Waals surface area contributed by atoms with Crippen LogP contribution in [0.5, 0.6) is 5.75 Å². The number of hydrogen-bond acceptors (Lipinski definition) is 5. The van der Waals surface area contributed by atoms with Crippen LogP contribution in [-0.2, 0) is 24.3 Å². The molecule has 7 nitrogen and oxygen atoms in total. The predicted octanol–water partition coefficient (Wildman–Crippen LogP) is 3.81. The van der Waals surface area contributed by atoms with E-state index in [9.17, 15) is 9.59 Å². The summed E-state index contributed by atoms with van der Waals surface area (Å²) in [6.45, 7) is 5.16. The number of methoxy groups -OCH3 is 1. The number of fused-ring (bicyclic) bond motifs is 1. The SMILES string of the molecule is CCn1c(C)c(CCC(=O)NCc2cccs2)c(=O)n2nc(-c3ccccc3OC)cc12. The minimum atomic E-state index is -0.186. The molecule has 1 amide bonds. The molecule has 166 valence electrons. The van der Waals surface area contributed by atoms with E-state index in [-0.39, 0.29) is 17.9 Å². The molecule has 0 saturated heterocycles. The quantitative estimate of drug-likeness (QED) is 0.443. The van der Waals surface area contributed by atoms with Crippen LogP contribution >= 0.6 is 11.3 Å². The van der Waals surface area contributed by atoms with Crippen LogP contribution in [0.3, 0.4) is 0 Å². The molecule has 0 aliphatic rings. The third-order valence-electron chi connectivity index (χ3n) is 5.60. The highest BCUT2D eigenvalue weighted by Crippen LogP contribution is 2.29. The average Bonchev–Trinajstić information content (AvgIpc) is 3.48. The minimum Gasteiger partial charge on any atom is -0.496 e. The van der Waals surface area contributed by atoms with Gasteiger partial charge >= 0.3 is 0 Å². The van der Waals surface area contributed by atoms with Crippen LogP contribution in [0, 0.1) is 6.92 Å². The smallest absolute Gasteiger partial charge is 0.277 e. The first-order valence-electron chi connectivity index (χ1n) is 10.6. The summed E-state index contributed by atoms with van der Waals surface area (Å²) in [5.41, 5.74) is 3.51. The molecule has 0 bridgehead atoms. The number of aryl methyl sites for hydroxylation is 1. The molecule has 32 heavy (non-hydrogen) atoms. The number of nitrogens with one attached hydrogen (secondary N) is 1.